The van der Waals surface area contributed by atoms with Crippen LogP contribution in [0, 0.1) is 11.8 Å². The van der Waals surface area contributed by atoms with Gasteiger partial charge in [-0.3, -0.25) is 19.3 Å². The highest BCUT2D eigenvalue weighted by Gasteiger charge is 2.52. The third-order valence-electron chi connectivity index (χ3n) is 5.70. The molecule has 0 radical (unpaired) electrons. The van der Waals surface area contributed by atoms with Crippen LogP contribution in [0.3, 0.4) is 0 Å². The number of alkyl halides is 2. The van der Waals surface area contributed by atoms with Crippen LogP contribution in [0.5, 0.6) is 0 Å². The predicted molar refractivity (Wildman–Crippen MR) is 122 cm³/mol. The van der Waals surface area contributed by atoms with Gasteiger partial charge >= 0.3 is 5.97 Å². The molecule has 0 unspecified atom stereocenters. The lowest BCUT2D eigenvalue weighted by molar-refractivity contribution is -0.122. The summed E-state index contributed by atoms with van der Waals surface area (Å²) in [5.74, 6) is -2.02. The Balaban J connectivity index is 1.42. The van der Waals surface area contributed by atoms with Crippen molar-refractivity contribution in [1.82, 2.24) is 0 Å². The van der Waals surface area contributed by atoms with E-state index in [0.29, 0.717) is 24.1 Å². The molecule has 8 heteroatoms. The lowest BCUT2D eigenvalue weighted by atomic mass is 9.81. The highest BCUT2D eigenvalue weighted by molar-refractivity contribution is 9.12. The van der Waals surface area contributed by atoms with E-state index in [1.165, 1.54) is 17.0 Å². The lowest BCUT2D eigenvalue weighted by Gasteiger charge is -2.29. The van der Waals surface area contributed by atoms with Gasteiger partial charge in [-0.05, 0) is 37.1 Å². The summed E-state index contributed by atoms with van der Waals surface area (Å²) in [6.45, 7) is -0.363. The Labute approximate surface area is 196 Å². The fraction of sp³-hybridized carbons (Fsp3) is 0.304. The van der Waals surface area contributed by atoms with Crippen LogP contribution in [0.4, 0.5) is 5.69 Å². The number of amides is 2. The molecule has 6 nitrogen and oxygen atoms in total. The molecule has 1 aliphatic carbocycles. The second kappa shape index (κ2) is 9.04. The number of Topliss-reactive ketones (excluding diaryl/α,β-unsaturated/α-hetero) is 1. The number of hydrogen-bond donors (Lipinski definition) is 0. The number of carbonyl (C=O) groups is 4. The van der Waals surface area contributed by atoms with E-state index in [1.807, 2.05) is 0 Å². The molecule has 2 amide bonds. The summed E-state index contributed by atoms with van der Waals surface area (Å²) in [4.78, 5) is 51.6. The molecular formula is C23H19Br2NO5. The quantitative estimate of drug-likeness (QED) is 0.243. The third-order valence-corrected chi connectivity index (χ3v) is 8.44. The highest BCUT2D eigenvalue weighted by atomic mass is 79.9. The maximum atomic E-state index is 12.9. The standard InChI is InChI=1S/C23H19Br2NO5/c24-18-10-16-17(11-19(18)25)22(29)26(21(16)28)15-8-6-14(7-9-15)23(30)31-12-20(27)13-4-2-1-3-5-13/h1-9,16-19H,10-12H2/t16-,17+,18-,19-/m1/s1. The molecule has 2 aromatic carbocycles. The highest BCUT2D eigenvalue weighted by Crippen LogP contribution is 2.44. The fourth-order valence-electron chi connectivity index (χ4n) is 4.02. The maximum absolute atomic E-state index is 12.9. The lowest BCUT2D eigenvalue weighted by Crippen LogP contribution is -2.34. The van der Waals surface area contributed by atoms with Gasteiger partial charge in [0.15, 0.2) is 12.4 Å². The van der Waals surface area contributed by atoms with Gasteiger partial charge in [0.1, 0.15) is 0 Å². The minimum atomic E-state index is -0.646. The van der Waals surface area contributed by atoms with Crippen LogP contribution in [0.25, 0.3) is 0 Å². The van der Waals surface area contributed by atoms with E-state index in [0.717, 1.165) is 0 Å². The first-order valence-corrected chi connectivity index (χ1v) is 11.7. The number of esters is 1. The average molecular weight is 549 g/mol. The number of nitrogens with zero attached hydrogens (tertiary/aromatic N) is 1. The Kier molecular flexibility index (Phi) is 6.39. The van der Waals surface area contributed by atoms with Crippen molar-refractivity contribution >= 4 is 61.1 Å². The number of halogens is 2. The average Bonchev–Trinajstić information content (AvgIpc) is 3.02. The van der Waals surface area contributed by atoms with Gasteiger partial charge in [-0.2, -0.15) is 0 Å². The molecule has 1 aliphatic heterocycles. The molecule has 0 aromatic heterocycles. The zero-order chi connectivity index (χ0) is 22.1. The van der Waals surface area contributed by atoms with Gasteiger partial charge in [0.2, 0.25) is 11.8 Å². The smallest absolute Gasteiger partial charge is 0.338 e. The monoisotopic (exact) mass is 547 g/mol. The SMILES string of the molecule is O=C(COC(=O)c1ccc(N2C(=O)[C@H]3C[C@@H](Br)[C@H](Br)C[C@H]3C2=O)cc1)c1ccccc1. The van der Waals surface area contributed by atoms with Crippen LogP contribution in [0.1, 0.15) is 33.6 Å². The van der Waals surface area contributed by atoms with Gasteiger partial charge in [-0.1, -0.05) is 62.2 Å². The van der Waals surface area contributed by atoms with Crippen LogP contribution in [-0.4, -0.2) is 39.8 Å². The van der Waals surface area contributed by atoms with Crippen molar-refractivity contribution in [3.63, 3.8) is 0 Å². The van der Waals surface area contributed by atoms with Gasteiger partial charge in [0.25, 0.3) is 0 Å². The second-order valence-electron chi connectivity index (χ2n) is 7.64. The first kappa shape index (κ1) is 21.9. The van der Waals surface area contributed by atoms with Crippen LogP contribution < -0.4 is 4.90 Å². The molecule has 2 aliphatic rings. The van der Waals surface area contributed by atoms with Crippen molar-refractivity contribution in [3.8, 4) is 0 Å². The van der Waals surface area contributed by atoms with E-state index < -0.39 is 5.97 Å². The summed E-state index contributed by atoms with van der Waals surface area (Å²) in [7, 11) is 0. The van der Waals surface area contributed by atoms with Crippen molar-refractivity contribution < 1.29 is 23.9 Å². The van der Waals surface area contributed by atoms with Crippen molar-refractivity contribution in [2.45, 2.75) is 22.5 Å². The summed E-state index contributed by atoms with van der Waals surface area (Å²) in [5, 5.41) is 0. The second-order valence-corrected chi connectivity index (χ2v) is 9.99. The van der Waals surface area contributed by atoms with Gasteiger partial charge in [-0.15, -0.1) is 0 Å². The summed E-state index contributed by atoms with van der Waals surface area (Å²) in [6, 6.07) is 14.7. The van der Waals surface area contributed by atoms with E-state index >= 15 is 0 Å². The van der Waals surface area contributed by atoms with Crippen molar-refractivity contribution in [3.05, 3.63) is 65.7 Å². The van der Waals surface area contributed by atoms with E-state index in [-0.39, 0.29) is 51.3 Å². The van der Waals surface area contributed by atoms with Crippen LogP contribution in [0.2, 0.25) is 0 Å². The molecule has 4 atom stereocenters. The molecule has 4 rings (SSSR count). The minimum absolute atomic E-state index is 0.140. The first-order valence-electron chi connectivity index (χ1n) is 9.88. The van der Waals surface area contributed by atoms with E-state index in [1.54, 1.807) is 42.5 Å². The Morgan fingerprint density at radius 3 is 1.94 bits per heavy atom. The number of anilines is 1. The van der Waals surface area contributed by atoms with Gasteiger partial charge in [0, 0.05) is 15.2 Å². The molecule has 0 N–H and O–H groups in total. The molecule has 1 saturated carbocycles. The van der Waals surface area contributed by atoms with Crippen LogP contribution in [0.15, 0.2) is 54.6 Å². The number of imide groups is 1. The fourth-order valence-corrected chi connectivity index (χ4v) is 5.26. The van der Waals surface area contributed by atoms with Crippen LogP contribution >= 0.6 is 31.9 Å². The van der Waals surface area contributed by atoms with Crippen molar-refractivity contribution in [2.24, 2.45) is 11.8 Å². The summed E-state index contributed by atoms with van der Waals surface area (Å²) in [6.07, 6.45) is 1.20. The molecular weight excluding hydrogens is 530 g/mol. The van der Waals surface area contributed by atoms with Gasteiger partial charge in [-0.25, -0.2) is 4.79 Å². The Bertz CT molecular complexity index is 996. The molecule has 1 saturated heterocycles. The molecule has 160 valence electrons. The van der Waals surface area contributed by atoms with E-state index in [9.17, 15) is 19.2 Å². The Hall–Kier alpha value is -2.32. The molecule has 0 spiro atoms. The predicted octanol–water partition coefficient (Wildman–Crippen LogP) is 4.15. The molecule has 2 aromatic rings. The molecule has 2 fully saturated rings. The Morgan fingerprint density at radius 2 is 1.39 bits per heavy atom. The largest absolute Gasteiger partial charge is 0.454 e. The molecule has 1 heterocycles. The maximum Gasteiger partial charge on any atom is 0.338 e. The molecule has 0 bridgehead atoms. The number of carbonyl (C=O) groups excluding carboxylic acids is 4. The van der Waals surface area contributed by atoms with E-state index in [2.05, 4.69) is 31.9 Å². The zero-order valence-electron chi connectivity index (χ0n) is 16.4. The third kappa shape index (κ3) is 4.36. The topological polar surface area (TPSA) is 80.8 Å². The van der Waals surface area contributed by atoms with E-state index in [4.69, 9.17) is 4.74 Å². The Morgan fingerprint density at radius 1 is 0.839 bits per heavy atom. The van der Waals surface area contributed by atoms with Crippen molar-refractivity contribution in [1.29, 1.82) is 0 Å². The van der Waals surface area contributed by atoms with Crippen LogP contribution in [-0.2, 0) is 14.3 Å². The number of ketones is 1. The number of rotatable bonds is 5. The number of benzene rings is 2. The number of ether oxygens (including phenoxy) is 1. The zero-order valence-corrected chi connectivity index (χ0v) is 19.5. The van der Waals surface area contributed by atoms with Gasteiger partial charge < -0.3 is 4.74 Å². The molecule has 31 heavy (non-hydrogen) atoms. The number of hydrogen-bond acceptors (Lipinski definition) is 5. The van der Waals surface area contributed by atoms with Crippen molar-refractivity contribution in [2.75, 3.05) is 11.5 Å². The summed E-state index contributed by atoms with van der Waals surface area (Å²) < 4.78 is 5.11. The number of fused-ring (bicyclic) bond motifs is 1. The minimum Gasteiger partial charge on any atom is -0.454 e. The first-order chi connectivity index (χ1) is 14.9. The normalized spacial score (nSPS) is 25.3. The van der Waals surface area contributed by atoms with Gasteiger partial charge in [0.05, 0.1) is 23.1 Å². The summed E-state index contributed by atoms with van der Waals surface area (Å²) in [5.41, 5.74) is 1.13. The summed E-state index contributed by atoms with van der Waals surface area (Å²) >= 11 is 7.15.